The fourth-order valence-electron chi connectivity index (χ4n) is 2.08. The summed E-state index contributed by atoms with van der Waals surface area (Å²) in [5.41, 5.74) is 0.644. The van der Waals surface area contributed by atoms with Crippen LogP contribution in [0, 0.1) is 5.41 Å². The SMILES string of the molecule is CC.CCCCC1(C)CCN(C)C1. The molecule has 1 unspecified atom stereocenters. The summed E-state index contributed by atoms with van der Waals surface area (Å²) in [7, 11) is 2.23. The molecule has 0 amide bonds. The molecule has 0 N–H and O–H groups in total. The van der Waals surface area contributed by atoms with Crippen LogP contribution in [0.3, 0.4) is 0 Å². The van der Waals surface area contributed by atoms with Gasteiger partial charge in [0.1, 0.15) is 0 Å². The van der Waals surface area contributed by atoms with Crippen molar-refractivity contribution >= 4 is 0 Å². The Balaban J connectivity index is 0.000000671. The maximum atomic E-state index is 2.45. The average Bonchev–Trinajstić information content (AvgIpc) is 2.47. The molecule has 0 aromatic carbocycles. The van der Waals surface area contributed by atoms with Crippen LogP contribution in [0.25, 0.3) is 0 Å². The highest BCUT2D eigenvalue weighted by Crippen LogP contribution is 2.33. The lowest BCUT2D eigenvalue weighted by molar-refractivity contribution is 0.282. The molecule has 0 saturated carbocycles. The Morgan fingerprint density at radius 1 is 1.31 bits per heavy atom. The van der Waals surface area contributed by atoms with Crippen molar-refractivity contribution in [1.29, 1.82) is 0 Å². The molecule has 80 valence electrons. The zero-order chi connectivity index (χ0) is 10.3. The minimum absolute atomic E-state index is 0.644. The summed E-state index contributed by atoms with van der Waals surface area (Å²) in [6, 6.07) is 0. The fraction of sp³-hybridized carbons (Fsp3) is 1.00. The predicted octanol–water partition coefficient (Wildman–Crippen LogP) is 3.54. The molecule has 1 heteroatoms. The van der Waals surface area contributed by atoms with Gasteiger partial charge in [-0.1, -0.05) is 40.5 Å². The Bertz CT molecular complexity index is 122. The molecule has 0 bridgehead atoms. The van der Waals surface area contributed by atoms with Gasteiger partial charge in [-0.2, -0.15) is 0 Å². The third-order valence-corrected chi connectivity index (χ3v) is 2.88. The smallest absolute Gasteiger partial charge is 0.00328 e. The summed E-state index contributed by atoms with van der Waals surface area (Å²) >= 11 is 0. The van der Waals surface area contributed by atoms with E-state index in [4.69, 9.17) is 0 Å². The first-order valence-electron chi connectivity index (χ1n) is 5.85. The molecular weight excluding hydrogens is 158 g/mol. The molecule has 1 saturated heterocycles. The van der Waals surface area contributed by atoms with Crippen molar-refractivity contribution in [3.05, 3.63) is 0 Å². The maximum Gasteiger partial charge on any atom is 0.00328 e. The molecule has 1 aliphatic heterocycles. The number of hydrogen-bond acceptors (Lipinski definition) is 1. The first-order valence-corrected chi connectivity index (χ1v) is 5.85. The third-order valence-electron chi connectivity index (χ3n) is 2.88. The van der Waals surface area contributed by atoms with E-state index in [-0.39, 0.29) is 0 Å². The Kier molecular flexibility index (Phi) is 6.40. The lowest BCUT2D eigenvalue weighted by Gasteiger charge is -2.23. The molecule has 0 aliphatic carbocycles. The van der Waals surface area contributed by atoms with Gasteiger partial charge >= 0.3 is 0 Å². The monoisotopic (exact) mass is 185 g/mol. The quantitative estimate of drug-likeness (QED) is 0.650. The van der Waals surface area contributed by atoms with Crippen molar-refractivity contribution in [2.75, 3.05) is 20.1 Å². The minimum atomic E-state index is 0.644. The van der Waals surface area contributed by atoms with Crippen molar-refractivity contribution in [2.45, 2.75) is 53.4 Å². The zero-order valence-electron chi connectivity index (χ0n) is 10.2. The number of nitrogens with zero attached hydrogens (tertiary/aromatic N) is 1. The van der Waals surface area contributed by atoms with Crippen molar-refractivity contribution in [3.8, 4) is 0 Å². The van der Waals surface area contributed by atoms with E-state index in [0.29, 0.717) is 5.41 Å². The molecule has 1 aliphatic rings. The van der Waals surface area contributed by atoms with Crippen LogP contribution in [0.1, 0.15) is 53.4 Å². The second kappa shape index (κ2) is 6.42. The van der Waals surface area contributed by atoms with E-state index in [0.717, 1.165) is 0 Å². The molecular formula is C12H27N. The highest BCUT2D eigenvalue weighted by molar-refractivity contribution is 4.84. The summed E-state index contributed by atoms with van der Waals surface area (Å²) in [6.07, 6.45) is 5.58. The van der Waals surface area contributed by atoms with Gasteiger partial charge in [0.05, 0.1) is 0 Å². The van der Waals surface area contributed by atoms with E-state index in [1.807, 2.05) is 13.8 Å². The summed E-state index contributed by atoms with van der Waals surface area (Å²) in [5, 5.41) is 0. The van der Waals surface area contributed by atoms with Gasteiger partial charge in [-0.25, -0.2) is 0 Å². The largest absolute Gasteiger partial charge is 0.306 e. The van der Waals surface area contributed by atoms with Crippen LogP contribution in [-0.2, 0) is 0 Å². The second-order valence-electron chi connectivity index (χ2n) is 4.40. The van der Waals surface area contributed by atoms with Crippen LogP contribution >= 0.6 is 0 Å². The number of rotatable bonds is 3. The average molecular weight is 185 g/mol. The fourth-order valence-corrected chi connectivity index (χ4v) is 2.08. The van der Waals surface area contributed by atoms with E-state index in [2.05, 4.69) is 25.8 Å². The first kappa shape index (κ1) is 13.0. The molecule has 0 radical (unpaired) electrons. The number of unbranched alkanes of at least 4 members (excludes halogenated alkanes) is 1. The highest BCUT2D eigenvalue weighted by Gasteiger charge is 2.30. The van der Waals surface area contributed by atoms with Gasteiger partial charge in [-0.3, -0.25) is 0 Å². The Morgan fingerprint density at radius 2 is 1.92 bits per heavy atom. The van der Waals surface area contributed by atoms with Crippen LogP contribution in [-0.4, -0.2) is 25.0 Å². The highest BCUT2D eigenvalue weighted by atomic mass is 15.1. The van der Waals surface area contributed by atoms with Gasteiger partial charge in [-0.15, -0.1) is 0 Å². The van der Waals surface area contributed by atoms with E-state index in [9.17, 15) is 0 Å². The Morgan fingerprint density at radius 3 is 2.31 bits per heavy atom. The Hall–Kier alpha value is -0.0400. The van der Waals surface area contributed by atoms with Crippen LogP contribution in [0.15, 0.2) is 0 Å². The van der Waals surface area contributed by atoms with E-state index >= 15 is 0 Å². The molecule has 13 heavy (non-hydrogen) atoms. The molecule has 0 spiro atoms. The predicted molar refractivity (Wildman–Crippen MR) is 61.1 cm³/mol. The minimum Gasteiger partial charge on any atom is -0.306 e. The summed E-state index contributed by atoms with van der Waals surface area (Å²) < 4.78 is 0. The van der Waals surface area contributed by atoms with Crippen molar-refractivity contribution in [2.24, 2.45) is 5.41 Å². The van der Waals surface area contributed by atoms with Crippen molar-refractivity contribution < 1.29 is 0 Å². The second-order valence-corrected chi connectivity index (χ2v) is 4.40. The van der Waals surface area contributed by atoms with Crippen LogP contribution in [0.4, 0.5) is 0 Å². The topological polar surface area (TPSA) is 3.24 Å². The molecule has 1 atom stereocenters. The van der Waals surface area contributed by atoms with E-state index in [1.54, 1.807) is 0 Å². The van der Waals surface area contributed by atoms with Crippen LogP contribution in [0.2, 0.25) is 0 Å². The normalized spacial score (nSPS) is 28.4. The zero-order valence-corrected chi connectivity index (χ0v) is 10.2. The summed E-state index contributed by atoms with van der Waals surface area (Å²) in [4.78, 5) is 2.45. The molecule has 1 heterocycles. The van der Waals surface area contributed by atoms with Crippen LogP contribution < -0.4 is 0 Å². The van der Waals surface area contributed by atoms with Gasteiger partial charge < -0.3 is 4.90 Å². The summed E-state index contributed by atoms with van der Waals surface area (Å²) in [5.74, 6) is 0. The Labute approximate surface area is 84.5 Å². The molecule has 0 aromatic rings. The third kappa shape index (κ3) is 4.66. The van der Waals surface area contributed by atoms with Crippen molar-refractivity contribution in [1.82, 2.24) is 4.90 Å². The van der Waals surface area contributed by atoms with Gasteiger partial charge in [-0.05, 0) is 31.8 Å². The lowest BCUT2D eigenvalue weighted by atomic mass is 9.84. The molecule has 1 fully saturated rings. The number of likely N-dealkylation sites (tertiary alicyclic amines) is 1. The molecule has 0 aromatic heterocycles. The van der Waals surface area contributed by atoms with Gasteiger partial charge in [0.2, 0.25) is 0 Å². The van der Waals surface area contributed by atoms with E-state index in [1.165, 1.54) is 38.8 Å². The van der Waals surface area contributed by atoms with Gasteiger partial charge in [0.15, 0.2) is 0 Å². The molecule has 1 nitrogen and oxygen atoms in total. The maximum absolute atomic E-state index is 2.45. The van der Waals surface area contributed by atoms with Gasteiger partial charge in [0, 0.05) is 6.54 Å². The van der Waals surface area contributed by atoms with Crippen LogP contribution in [0.5, 0.6) is 0 Å². The standard InChI is InChI=1S/C10H21N.C2H6/c1-4-5-6-10(2)7-8-11(3)9-10;1-2/h4-9H2,1-3H3;1-2H3. The molecule has 1 rings (SSSR count). The van der Waals surface area contributed by atoms with Crippen molar-refractivity contribution in [3.63, 3.8) is 0 Å². The van der Waals surface area contributed by atoms with Gasteiger partial charge in [0.25, 0.3) is 0 Å². The lowest BCUT2D eigenvalue weighted by Crippen LogP contribution is -2.21. The summed E-state index contributed by atoms with van der Waals surface area (Å²) in [6.45, 7) is 11.3. The number of hydrogen-bond donors (Lipinski definition) is 0. The first-order chi connectivity index (χ1) is 6.16. The van der Waals surface area contributed by atoms with E-state index < -0.39 is 0 Å².